The second-order valence-electron chi connectivity index (χ2n) is 12.3. The Morgan fingerprint density at radius 1 is 1.00 bits per heavy atom. The average molecular weight is 691 g/mol. The number of benzene rings is 3. The molecule has 1 aliphatic rings. The van der Waals surface area contributed by atoms with Crippen molar-refractivity contribution >= 4 is 29.4 Å². The van der Waals surface area contributed by atoms with Gasteiger partial charge in [0.1, 0.15) is 11.4 Å². The third-order valence-corrected chi connectivity index (χ3v) is 9.22. The molecule has 256 valence electrons. The monoisotopic (exact) mass is 690 g/mol. The lowest BCUT2D eigenvalue weighted by Crippen LogP contribution is -2.40. The van der Waals surface area contributed by atoms with Crippen LogP contribution in [0.25, 0.3) is 23.0 Å². The fourth-order valence-electron chi connectivity index (χ4n) is 5.82. The molecule has 2 aromatic heterocycles. The van der Waals surface area contributed by atoms with E-state index in [4.69, 9.17) is 24.3 Å². The number of aryl methyl sites for hydroxylation is 1. The van der Waals surface area contributed by atoms with Crippen LogP contribution in [0.3, 0.4) is 0 Å². The van der Waals surface area contributed by atoms with Crippen LogP contribution < -0.4 is 19.6 Å². The van der Waals surface area contributed by atoms with Gasteiger partial charge in [-0.3, -0.25) is 9.36 Å². The molecule has 10 nitrogen and oxygen atoms in total. The van der Waals surface area contributed by atoms with Gasteiger partial charge >= 0.3 is 11.9 Å². The molecule has 1 unspecified atom stereocenters. The molecule has 1 aliphatic heterocycles. The number of carbonyl (C=O) groups excluding carboxylic acids is 2. The smallest absolute Gasteiger partial charge is 0.338 e. The molecule has 50 heavy (non-hydrogen) atoms. The summed E-state index contributed by atoms with van der Waals surface area (Å²) in [5.74, 6) is -0.123. The molecule has 0 N–H and O–H groups in total. The van der Waals surface area contributed by atoms with Gasteiger partial charge < -0.3 is 14.2 Å². The number of allylic oxidation sites excluding steroid dienone is 1. The second-order valence-corrected chi connectivity index (χ2v) is 13.3. The molecular weight excluding hydrogens is 653 g/mol. The van der Waals surface area contributed by atoms with Crippen LogP contribution in [0.15, 0.2) is 100 Å². The zero-order valence-corrected chi connectivity index (χ0v) is 29.6. The quantitative estimate of drug-likeness (QED) is 0.171. The van der Waals surface area contributed by atoms with Crippen LogP contribution in [-0.2, 0) is 14.3 Å². The van der Waals surface area contributed by atoms with E-state index in [1.54, 1.807) is 35.9 Å². The van der Waals surface area contributed by atoms with Gasteiger partial charge in [-0.15, -0.1) is 0 Å². The Kier molecular flexibility index (Phi) is 9.96. The molecule has 0 amide bonds. The van der Waals surface area contributed by atoms with Crippen LogP contribution in [0.5, 0.6) is 5.75 Å². The van der Waals surface area contributed by atoms with Gasteiger partial charge in [0.25, 0.3) is 5.56 Å². The summed E-state index contributed by atoms with van der Waals surface area (Å²) in [5, 5.41) is 4.96. The van der Waals surface area contributed by atoms with Crippen LogP contribution >= 0.6 is 11.3 Å². The fraction of sp³-hybridized carbons (Fsp3) is 0.256. The third kappa shape index (κ3) is 6.81. The van der Waals surface area contributed by atoms with E-state index in [9.17, 15) is 14.4 Å². The molecule has 6 rings (SSSR count). The maximum absolute atomic E-state index is 14.4. The van der Waals surface area contributed by atoms with Gasteiger partial charge in [0.05, 0.1) is 53.4 Å². The molecule has 11 heteroatoms. The number of aromatic nitrogens is 3. The Labute approximate surface area is 293 Å². The van der Waals surface area contributed by atoms with Crippen molar-refractivity contribution in [1.82, 2.24) is 14.3 Å². The number of ether oxygens (including phenoxy) is 3. The molecule has 0 fully saturated rings. The summed E-state index contributed by atoms with van der Waals surface area (Å²) in [6.07, 6.45) is 3.72. The lowest BCUT2D eigenvalue weighted by atomic mass is 9.95. The van der Waals surface area contributed by atoms with Crippen LogP contribution in [0.2, 0.25) is 0 Å². The van der Waals surface area contributed by atoms with Crippen LogP contribution in [0, 0.1) is 12.8 Å². The SMILES string of the molecule is CCOc1ccc(-c2nn(-c3ccccc3)cc2/C=c2\sc3n(c2=O)C(c2ccc(C(=O)OC)cc2)C(C(=O)OCC(C)C)=C(C)N=3)cc1C. The molecule has 3 aromatic carbocycles. The van der Waals surface area contributed by atoms with Gasteiger partial charge in [-0.1, -0.05) is 55.5 Å². The lowest BCUT2D eigenvalue weighted by Gasteiger charge is -2.25. The molecule has 0 saturated heterocycles. The Morgan fingerprint density at radius 2 is 1.74 bits per heavy atom. The highest BCUT2D eigenvalue weighted by molar-refractivity contribution is 7.07. The number of para-hydroxylation sites is 1. The Bertz CT molecular complexity index is 2280. The number of fused-ring (bicyclic) bond motifs is 1. The third-order valence-electron chi connectivity index (χ3n) is 8.23. The standard InChI is InChI=1S/C39H38N4O6S/c1-7-48-31-18-17-28(19-24(31)4)34-29(21-42(41-34)30-11-9-8-10-12-30)20-32-36(44)43-35(26-13-15-27(16-14-26)37(45)47-6)33(25(5)40-39(43)50-32)38(46)49-22-23(2)3/h8-21,23,35H,7,22H2,1-6H3/b32-20-. The zero-order valence-electron chi connectivity index (χ0n) is 28.8. The van der Waals surface area contributed by atoms with E-state index < -0.39 is 18.0 Å². The van der Waals surface area contributed by atoms with E-state index in [0.29, 0.717) is 38.5 Å². The Hall–Kier alpha value is -5.55. The van der Waals surface area contributed by atoms with Crippen LogP contribution in [0.4, 0.5) is 0 Å². The average Bonchev–Trinajstić information content (AvgIpc) is 3.68. The van der Waals surface area contributed by atoms with Gasteiger partial charge in [-0.05, 0) is 86.4 Å². The number of hydrogen-bond acceptors (Lipinski definition) is 9. The molecule has 3 heterocycles. The van der Waals surface area contributed by atoms with E-state index in [0.717, 1.165) is 28.1 Å². The first-order chi connectivity index (χ1) is 24.1. The number of esters is 2. The van der Waals surface area contributed by atoms with E-state index >= 15 is 0 Å². The van der Waals surface area contributed by atoms with Gasteiger partial charge in [-0.25, -0.2) is 19.3 Å². The Balaban J connectivity index is 1.53. The van der Waals surface area contributed by atoms with Crippen molar-refractivity contribution in [2.45, 2.75) is 40.7 Å². The molecule has 1 atom stereocenters. The van der Waals surface area contributed by atoms with Crippen molar-refractivity contribution in [3.63, 3.8) is 0 Å². The highest BCUT2D eigenvalue weighted by Crippen LogP contribution is 2.32. The van der Waals surface area contributed by atoms with Crippen molar-refractivity contribution in [1.29, 1.82) is 0 Å². The number of methoxy groups -OCH3 is 1. The first-order valence-electron chi connectivity index (χ1n) is 16.4. The molecule has 0 saturated carbocycles. The predicted molar refractivity (Wildman–Crippen MR) is 192 cm³/mol. The van der Waals surface area contributed by atoms with Gasteiger partial charge in [0.2, 0.25) is 0 Å². The van der Waals surface area contributed by atoms with Crippen molar-refractivity contribution < 1.29 is 23.8 Å². The normalized spacial score (nSPS) is 14.4. The maximum atomic E-state index is 14.4. The summed E-state index contributed by atoms with van der Waals surface area (Å²) in [7, 11) is 1.31. The van der Waals surface area contributed by atoms with Crippen molar-refractivity contribution in [3.05, 3.63) is 132 Å². The van der Waals surface area contributed by atoms with Crippen molar-refractivity contribution in [2.75, 3.05) is 20.3 Å². The van der Waals surface area contributed by atoms with E-state index in [-0.39, 0.29) is 23.7 Å². The topological polar surface area (TPSA) is 114 Å². The molecular formula is C39H38N4O6S. The number of thiazole rings is 1. The minimum Gasteiger partial charge on any atom is -0.494 e. The largest absolute Gasteiger partial charge is 0.494 e. The van der Waals surface area contributed by atoms with E-state index in [1.807, 2.05) is 88.5 Å². The molecule has 0 radical (unpaired) electrons. The summed E-state index contributed by atoms with van der Waals surface area (Å²) >= 11 is 1.23. The predicted octanol–water partition coefficient (Wildman–Crippen LogP) is 5.78. The summed E-state index contributed by atoms with van der Waals surface area (Å²) < 4.78 is 20.1. The molecule has 5 aromatic rings. The summed E-state index contributed by atoms with van der Waals surface area (Å²) in [6, 6.07) is 21.5. The van der Waals surface area contributed by atoms with Gasteiger partial charge in [-0.2, -0.15) is 5.10 Å². The fourth-order valence-corrected chi connectivity index (χ4v) is 6.86. The summed E-state index contributed by atoms with van der Waals surface area (Å²) in [5.41, 5.74) is 5.49. The molecule has 0 bridgehead atoms. The van der Waals surface area contributed by atoms with Gasteiger partial charge in [0.15, 0.2) is 4.80 Å². The van der Waals surface area contributed by atoms with Crippen molar-refractivity contribution in [3.8, 4) is 22.7 Å². The highest BCUT2D eigenvalue weighted by atomic mass is 32.1. The number of nitrogens with zero attached hydrogens (tertiary/aromatic N) is 4. The summed E-state index contributed by atoms with van der Waals surface area (Å²) in [6.45, 7) is 10.4. The van der Waals surface area contributed by atoms with E-state index in [2.05, 4.69) is 0 Å². The Morgan fingerprint density at radius 3 is 2.40 bits per heavy atom. The number of hydrogen-bond donors (Lipinski definition) is 0. The highest BCUT2D eigenvalue weighted by Gasteiger charge is 2.34. The number of rotatable bonds is 10. The van der Waals surface area contributed by atoms with Crippen molar-refractivity contribution in [2.24, 2.45) is 10.9 Å². The van der Waals surface area contributed by atoms with Gasteiger partial charge in [0, 0.05) is 17.3 Å². The zero-order chi connectivity index (χ0) is 35.5. The number of carbonyl (C=O) groups is 2. The van der Waals surface area contributed by atoms with Crippen LogP contribution in [-0.4, -0.2) is 46.6 Å². The molecule has 0 spiro atoms. The minimum absolute atomic E-state index is 0.115. The maximum Gasteiger partial charge on any atom is 0.338 e. The molecule has 0 aliphatic carbocycles. The first kappa shape index (κ1) is 34.3. The summed E-state index contributed by atoms with van der Waals surface area (Å²) in [4.78, 5) is 45.4. The van der Waals surface area contributed by atoms with E-state index in [1.165, 1.54) is 23.0 Å². The second kappa shape index (κ2) is 14.5. The minimum atomic E-state index is -0.833. The lowest BCUT2D eigenvalue weighted by molar-refractivity contribution is -0.140. The van der Waals surface area contributed by atoms with Crippen LogP contribution in [0.1, 0.15) is 60.8 Å². The first-order valence-corrected chi connectivity index (χ1v) is 17.2.